The molecule has 0 atom stereocenters. The van der Waals surface area contributed by atoms with Crippen LogP contribution in [0.2, 0.25) is 0 Å². The highest BCUT2D eigenvalue weighted by molar-refractivity contribution is 5.98. The lowest BCUT2D eigenvalue weighted by molar-refractivity contribution is -0.127. The molecule has 0 spiro atoms. The Morgan fingerprint density at radius 1 is 0.842 bits per heavy atom. The van der Waals surface area contributed by atoms with E-state index < -0.39 is 0 Å². The standard InChI is InChI=1S/C11H20O2.C5H5N/c1-3-5-7-10(12)9-11(13)8-6-4-2;1-2-4-6-5-3-1/h3-9H2,1-2H3;1-5H. The van der Waals surface area contributed by atoms with Gasteiger partial charge in [0.15, 0.2) is 0 Å². The van der Waals surface area contributed by atoms with Crippen LogP contribution in [0.3, 0.4) is 0 Å². The zero-order chi connectivity index (χ0) is 14.3. The minimum atomic E-state index is 0.114. The molecule has 0 radical (unpaired) electrons. The van der Waals surface area contributed by atoms with Gasteiger partial charge in [-0.1, -0.05) is 32.8 Å². The van der Waals surface area contributed by atoms with Crippen molar-refractivity contribution in [2.24, 2.45) is 0 Å². The van der Waals surface area contributed by atoms with Gasteiger partial charge in [-0.05, 0) is 25.0 Å². The summed E-state index contributed by atoms with van der Waals surface area (Å²) in [6.07, 6.45) is 8.70. The van der Waals surface area contributed by atoms with Gasteiger partial charge in [-0.3, -0.25) is 14.6 Å². The van der Waals surface area contributed by atoms with Crippen molar-refractivity contribution in [3.8, 4) is 0 Å². The van der Waals surface area contributed by atoms with Crippen LogP contribution in [0.25, 0.3) is 0 Å². The van der Waals surface area contributed by atoms with E-state index in [1.54, 1.807) is 12.4 Å². The number of hydrogen-bond acceptors (Lipinski definition) is 3. The number of carbonyl (C=O) groups is 2. The second-order valence-corrected chi connectivity index (χ2v) is 4.49. The van der Waals surface area contributed by atoms with E-state index in [9.17, 15) is 9.59 Å². The van der Waals surface area contributed by atoms with Gasteiger partial charge in [0.1, 0.15) is 11.6 Å². The van der Waals surface area contributed by atoms with Gasteiger partial charge in [-0.2, -0.15) is 0 Å². The molecule has 0 fully saturated rings. The second-order valence-electron chi connectivity index (χ2n) is 4.49. The van der Waals surface area contributed by atoms with Crippen LogP contribution in [-0.4, -0.2) is 16.6 Å². The molecule has 106 valence electrons. The van der Waals surface area contributed by atoms with Crippen molar-refractivity contribution in [1.29, 1.82) is 0 Å². The van der Waals surface area contributed by atoms with Gasteiger partial charge in [-0.15, -0.1) is 0 Å². The van der Waals surface area contributed by atoms with Crippen LogP contribution in [0.5, 0.6) is 0 Å². The van der Waals surface area contributed by atoms with Crippen LogP contribution in [0.1, 0.15) is 58.8 Å². The monoisotopic (exact) mass is 263 g/mol. The van der Waals surface area contributed by atoms with Crippen LogP contribution in [-0.2, 0) is 9.59 Å². The summed E-state index contributed by atoms with van der Waals surface area (Å²) >= 11 is 0. The lowest BCUT2D eigenvalue weighted by Crippen LogP contribution is -2.07. The first-order valence-corrected chi connectivity index (χ1v) is 7.09. The maximum atomic E-state index is 11.2. The van der Waals surface area contributed by atoms with Crippen molar-refractivity contribution in [2.75, 3.05) is 0 Å². The molecule has 0 aliphatic rings. The normalized spacial score (nSPS) is 9.37. The molecular formula is C16H25NO2. The van der Waals surface area contributed by atoms with Crippen LogP contribution in [0.4, 0.5) is 0 Å². The van der Waals surface area contributed by atoms with E-state index in [0.29, 0.717) is 12.8 Å². The Bertz CT molecular complexity index is 291. The molecule has 0 aliphatic carbocycles. The SMILES string of the molecule is CCCCC(=O)CC(=O)CCCC.c1ccncc1. The fraction of sp³-hybridized carbons (Fsp3) is 0.562. The van der Waals surface area contributed by atoms with Crippen molar-refractivity contribution < 1.29 is 9.59 Å². The second kappa shape index (κ2) is 12.9. The van der Waals surface area contributed by atoms with E-state index in [2.05, 4.69) is 4.98 Å². The lowest BCUT2D eigenvalue weighted by Gasteiger charge is -1.98. The van der Waals surface area contributed by atoms with Gasteiger partial charge in [0, 0.05) is 25.2 Å². The zero-order valence-electron chi connectivity index (χ0n) is 12.1. The van der Waals surface area contributed by atoms with E-state index in [0.717, 1.165) is 25.7 Å². The van der Waals surface area contributed by atoms with Crippen LogP contribution >= 0.6 is 0 Å². The zero-order valence-corrected chi connectivity index (χ0v) is 12.1. The Kier molecular flexibility index (Phi) is 11.9. The predicted molar refractivity (Wildman–Crippen MR) is 77.9 cm³/mol. The molecule has 0 bridgehead atoms. The smallest absolute Gasteiger partial charge is 0.140 e. The number of ketones is 2. The highest BCUT2D eigenvalue weighted by atomic mass is 16.1. The summed E-state index contributed by atoms with van der Waals surface area (Å²) in [6.45, 7) is 4.10. The Morgan fingerprint density at radius 3 is 1.58 bits per heavy atom. The van der Waals surface area contributed by atoms with E-state index >= 15 is 0 Å². The van der Waals surface area contributed by atoms with Crippen LogP contribution in [0.15, 0.2) is 30.6 Å². The maximum absolute atomic E-state index is 11.2. The molecule has 1 heterocycles. The first kappa shape index (κ1) is 17.5. The molecule has 0 aliphatic heterocycles. The number of carbonyl (C=O) groups excluding carboxylic acids is 2. The van der Waals surface area contributed by atoms with Crippen molar-refractivity contribution >= 4 is 11.6 Å². The number of unbranched alkanes of at least 4 members (excludes halogenated alkanes) is 2. The van der Waals surface area contributed by atoms with Crippen molar-refractivity contribution in [3.05, 3.63) is 30.6 Å². The van der Waals surface area contributed by atoms with E-state index in [-0.39, 0.29) is 18.0 Å². The Morgan fingerprint density at radius 2 is 1.32 bits per heavy atom. The van der Waals surface area contributed by atoms with Crippen LogP contribution in [0, 0.1) is 0 Å². The number of rotatable bonds is 8. The summed E-state index contributed by atoms with van der Waals surface area (Å²) in [6, 6.07) is 5.72. The average molecular weight is 263 g/mol. The molecule has 19 heavy (non-hydrogen) atoms. The van der Waals surface area contributed by atoms with E-state index in [1.807, 2.05) is 32.0 Å². The minimum absolute atomic E-state index is 0.114. The number of hydrogen-bond donors (Lipinski definition) is 0. The third-order valence-corrected chi connectivity index (χ3v) is 2.58. The average Bonchev–Trinajstić information content (AvgIpc) is 2.45. The van der Waals surface area contributed by atoms with Gasteiger partial charge in [-0.25, -0.2) is 0 Å². The summed E-state index contributed by atoms with van der Waals surface area (Å²) in [5.74, 6) is 0.228. The Balaban J connectivity index is 0.000000443. The molecule has 0 unspecified atom stereocenters. The van der Waals surface area contributed by atoms with Crippen molar-refractivity contribution in [3.63, 3.8) is 0 Å². The van der Waals surface area contributed by atoms with Crippen molar-refractivity contribution in [1.82, 2.24) is 4.98 Å². The number of aromatic nitrogens is 1. The molecule has 1 rings (SSSR count). The van der Waals surface area contributed by atoms with Gasteiger partial charge in [0.05, 0.1) is 6.42 Å². The summed E-state index contributed by atoms with van der Waals surface area (Å²) in [5, 5.41) is 0. The minimum Gasteiger partial charge on any atom is -0.299 e. The summed E-state index contributed by atoms with van der Waals surface area (Å²) in [5.41, 5.74) is 0. The third-order valence-electron chi connectivity index (χ3n) is 2.58. The van der Waals surface area contributed by atoms with Gasteiger partial charge in [0.25, 0.3) is 0 Å². The third kappa shape index (κ3) is 12.7. The molecule has 0 N–H and O–H groups in total. The van der Waals surface area contributed by atoms with Crippen molar-refractivity contribution in [2.45, 2.75) is 58.8 Å². The lowest BCUT2D eigenvalue weighted by atomic mass is 10.1. The predicted octanol–water partition coefficient (Wildman–Crippen LogP) is 3.98. The molecule has 3 nitrogen and oxygen atoms in total. The van der Waals surface area contributed by atoms with Gasteiger partial charge < -0.3 is 0 Å². The number of pyridine rings is 1. The number of Topliss-reactive ketones (excluding diaryl/α,β-unsaturated/α-hetero) is 2. The highest BCUT2D eigenvalue weighted by Crippen LogP contribution is 2.03. The summed E-state index contributed by atoms with van der Waals surface area (Å²) < 4.78 is 0. The quantitative estimate of drug-likeness (QED) is 0.666. The molecule has 3 heteroatoms. The summed E-state index contributed by atoms with van der Waals surface area (Å²) in [7, 11) is 0. The fourth-order valence-corrected chi connectivity index (χ4v) is 1.46. The maximum Gasteiger partial charge on any atom is 0.140 e. The van der Waals surface area contributed by atoms with E-state index in [1.165, 1.54) is 0 Å². The molecular weight excluding hydrogens is 238 g/mol. The fourth-order valence-electron chi connectivity index (χ4n) is 1.46. The molecule has 1 aromatic rings. The molecule has 0 amide bonds. The van der Waals surface area contributed by atoms with Crippen LogP contribution < -0.4 is 0 Å². The van der Waals surface area contributed by atoms with E-state index in [4.69, 9.17) is 0 Å². The number of nitrogens with zero attached hydrogens (tertiary/aromatic N) is 1. The molecule has 0 saturated heterocycles. The Labute approximate surface area is 116 Å². The summed E-state index contributed by atoms with van der Waals surface area (Å²) in [4.78, 5) is 26.1. The largest absolute Gasteiger partial charge is 0.299 e. The molecule has 0 saturated carbocycles. The topological polar surface area (TPSA) is 47.0 Å². The first-order chi connectivity index (χ1) is 9.20. The highest BCUT2D eigenvalue weighted by Gasteiger charge is 2.07. The Hall–Kier alpha value is -1.51. The molecule has 1 aromatic heterocycles. The van der Waals surface area contributed by atoms with Gasteiger partial charge in [0.2, 0.25) is 0 Å². The first-order valence-electron chi connectivity index (χ1n) is 7.09. The van der Waals surface area contributed by atoms with Gasteiger partial charge >= 0.3 is 0 Å². The molecule has 0 aromatic carbocycles.